The molecule has 0 spiro atoms. The van der Waals surface area contributed by atoms with Crippen molar-refractivity contribution in [3.8, 4) is 0 Å². The first-order valence-electron chi connectivity index (χ1n) is 6.07. The molecule has 0 fully saturated rings. The van der Waals surface area contributed by atoms with Crippen molar-refractivity contribution in [2.45, 2.75) is 58.3 Å². The summed E-state index contributed by atoms with van der Waals surface area (Å²) in [5.41, 5.74) is 0. The zero-order valence-electron chi connectivity index (χ0n) is 9.96. The second-order valence-corrected chi connectivity index (χ2v) is 3.82. The summed E-state index contributed by atoms with van der Waals surface area (Å²) in [6, 6.07) is 0. The van der Waals surface area contributed by atoms with E-state index < -0.39 is 0 Å². The predicted octanol–water partition coefficient (Wildman–Crippen LogP) is 3.86. The Morgan fingerprint density at radius 3 is 2.67 bits per heavy atom. The van der Waals surface area contributed by atoms with Gasteiger partial charge in [-0.25, -0.2) is 0 Å². The molecule has 0 aromatic carbocycles. The number of rotatable bonds is 10. The summed E-state index contributed by atoms with van der Waals surface area (Å²) in [5, 5.41) is 0. The predicted molar refractivity (Wildman–Crippen MR) is 63.8 cm³/mol. The number of ether oxygens (including phenoxy) is 1. The van der Waals surface area contributed by atoms with Crippen LogP contribution in [0.1, 0.15) is 58.3 Å². The third-order valence-corrected chi connectivity index (χ3v) is 2.30. The Kier molecular flexibility index (Phi) is 10.7. The highest BCUT2D eigenvalue weighted by Crippen LogP contribution is 2.04. The average Bonchev–Trinajstić information content (AvgIpc) is 2.24. The molecule has 15 heavy (non-hydrogen) atoms. The zero-order valence-corrected chi connectivity index (χ0v) is 9.96. The molecule has 0 amide bonds. The van der Waals surface area contributed by atoms with Gasteiger partial charge in [-0.05, 0) is 25.7 Å². The van der Waals surface area contributed by atoms with Gasteiger partial charge < -0.3 is 4.74 Å². The number of esters is 1. The molecule has 0 atom stereocenters. The number of unbranched alkanes of at least 4 members (excludes halogenated alkanes) is 5. The average molecular weight is 212 g/mol. The highest BCUT2D eigenvalue weighted by Gasteiger charge is 2.01. The Morgan fingerprint density at radius 2 is 2.00 bits per heavy atom. The molecule has 0 bridgehead atoms. The van der Waals surface area contributed by atoms with Crippen molar-refractivity contribution in [3.63, 3.8) is 0 Å². The SMILES string of the molecule is C=CCCCCOC(=O)CCCCCC. The van der Waals surface area contributed by atoms with E-state index in [4.69, 9.17) is 4.74 Å². The van der Waals surface area contributed by atoms with Crippen molar-refractivity contribution in [2.75, 3.05) is 6.61 Å². The van der Waals surface area contributed by atoms with Crippen LogP contribution in [0.5, 0.6) is 0 Å². The van der Waals surface area contributed by atoms with Crippen LogP contribution in [0.2, 0.25) is 0 Å². The minimum Gasteiger partial charge on any atom is -0.466 e. The van der Waals surface area contributed by atoms with Gasteiger partial charge in [0.15, 0.2) is 0 Å². The molecule has 0 saturated carbocycles. The van der Waals surface area contributed by atoms with Gasteiger partial charge in [-0.15, -0.1) is 6.58 Å². The Balaban J connectivity index is 3.15. The first kappa shape index (κ1) is 14.2. The fourth-order valence-electron chi connectivity index (χ4n) is 1.35. The van der Waals surface area contributed by atoms with Crippen LogP contribution in [0.3, 0.4) is 0 Å². The smallest absolute Gasteiger partial charge is 0.305 e. The van der Waals surface area contributed by atoms with Gasteiger partial charge in [-0.3, -0.25) is 4.79 Å². The lowest BCUT2D eigenvalue weighted by molar-refractivity contribution is -0.143. The fraction of sp³-hybridized carbons (Fsp3) is 0.769. The van der Waals surface area contributed by atoms with Gasteiger partial charge in [-0.1, -0.05) is 32.3 Å². The van der Waals surface area contributed by atoms with Gasteiger partial charge in [0, 0.05) is 6.42 Å². The van der Waals surface area contributed by atoms with E-state index >= 15 is 0 Å². The Labute approximate surface area is 93.7 Å². The van der Waals surface area contributed by atoms with Crippen LogP contribution in [-0.2, 0) is 9.53 Å². The lowest BCUT2D eigenvalue weighted by Crippen LogP contribution is -2.05. The highest BCUT2D eigenvalue weighted by atomic mass is 16.5. The second kappa shape index (κ2) is 11.3. The Hall–Kier alpha value is -0.790. The summed E-state index contributed by atoms with van der Waals surface area (Å²) >= 11 is 0. The zero-order chi connectivity index (χ0) is 11.4. The van der Waals surface area contributed by atoms with Crippen molar-refractivity contribution in [2.24, 2.45) is 0 Å². The van der Waals surface area contributed by atoms with Crippen LogP contribution in [0.15, 0.2) is 12.7 Å². The number of allylic oxidation sites excluding steroid dienone is 1. The summed E-state index contributed by atoms with van der Waals surface area (Å²) in [6.07, 6.45) is 10.0. The maximum atomic E-state index is 11.2. The van der Waals surface area contributed by atoms with E-state index in [1.165, 1.54) is 12.8 Å². The van der Waals surface area contributed by atoms with Crippen molar-refractivity contribution >= 4 is 5.97 Å². The molecule has 0 aliphatic rings. The topological polar surface area (TPSA) is 26.3 Å². The first-order chi connectivity index (χ1) is 7.31. The fourth-order valence-corrected chi connectivity index (χ4v) is 1.35. The molecule has 88 valence electrons. The summed E-state index contributed by atoms with van der Waals surface area (Å²) in [6.45, 7) is 6.38. The van der Waals surface area contributed by atoms with E-state index in [9.17, 15) is 4.79 Å². The quantitative estimate of drug-likeness (QED) is 0.312. The van der Waals surface area contributed by atoms with Crippen molar-refractivity contribution in [3.05, 3.63) is 12.7 Å². The number of hydrogen-bond donors (Lipinski definition) is 0. The number of carbonyl (C=O) groups excluding carboxylic acids is 1. The molecule has 0 radical (unpaired) electrons. The molecule has 0 aliphatic carbocycles. The van der Waals surface area contributed by atoms with Gasteiger partial charge in [0.2, 0.25) is 0 Å². The largest absolute Gasteiger partial charge is 0.466 e. The van der Waals surface area contributed by atoms with Crippen molar-refractivity contribution in [1.29, 1.82) is 0 Å². The van der Waals surface area contributed by atoms with E-state index in [2.05, 4.69) is 13.5 Å². The van der Waals surface area contributed by atoms with Gasteiger partial charge in [0.25, 0.3) is 0 Å². The molecule has 0 aromatic rings. The van der Waals surface area contributed by atoms with E-state index in [-0.39, 0.29) is 5.97 Å². The summed E-state index contributed by atoms with van der Waals surface area (Å²) in [7, 11) is 0. The van der Waals surface area contributed by atoms with Crippen LogP contribution >= 0.6 is 0 Å². The van der Waals surface area contributed by atoms with Crippen LogP contribution in [-0.4, -0.2) is 12.6 Å². The molecule has 2 nitrogen and oxygen atoms in total. The van der Waals surface area contributed by atoms with Crippen LogP contribution in [0, 0.1) is 0 Å². The third kappa shape index (κ3) is 11.1. The lowest BCUT2D eigenvalue weighted by atomic mass is 10.1. The van der Waals surface area contributed by atoms with Gasteiger partial charge in [-0.2, -0.15) is 0 Å². The molecule has 0 aliphatic heterocycles. The van der Waals surface area contributed by atoms with Crippen molar-refractivity contribution < 1.29 is 9.53 Å². The molecule has 0 aromatic heterocycles. The standard InChI is InChI=1S/C13H24O2/c1-3-5-7-9-11-13(14)15-12-10-8-6-4-2/h4H,2-3,5-12H2,1H3. The highest BCUT2D eigenvalue weighted by molar-refractivity contribution is 5.69. The van der Waals surface area contributed by atoms with E-state index in [0.29, 0.717) is 13.0 Å². The second-order valence-electron chi connectivity index (χ2n) is 3.82. The molecular weight excluding hydrogens is 188 g/mol. The Bertz CT molecular complexity index is 164. The molecule has 0 unspecified atom stereocenters. The maximum absolute atomic E-state index is 11.2. The Morgan fingerprint density at radius 1 is 1.20 bits per heavy atom. The lowest BCUT2D eigenvalue weighted by Gasteiger charge is -2.03. The van der Waals surface area contributed by atoms with E-state index in [0.717, 1.165) is 32.1 Å². The molecule has 2 heteroatoms. The summed E-state index contributed by atoms with van der Waals surface area (Å²) in [4.78, 5) is 11.2. The van der Waals surface area contributed by atoms with E-state index in [1.54, 1.807) is 0 Å². The minimum atomic E-state index is -0.0373. The van der Waals surface area contributed by atoms with Crippen LogP contribution < -0.4 is 0 Å². The molecule has 0 heterocycles. The molecular formula is C13H24O2. The number of hydrogen-bond acceptors (Lipinski definition) is 2. The van der Waals surface area contributed by atoms with Crippen molar-refractivity contribution in [1.82, 2.24) is 0 Å². The van der Waals surface area contributed by atoms with Gasteiger partial charge in [0.05, 0.1) is 6.61 Å². The van der Waals surface area contributed by atoms with Gasteiger partial charge >= 0.3 is 5.97 Å². The molecule has 0 N–H and O–H groups in total. The van der Waals surface area contributed by atoms with Crippen LogP contribution in [0.4, 0.5) is 0 Å². The third-order valence-electron chi connectivity index (χ3n) is 2.30. The normalized spacial score (nSPS) is 9.93. The maximum Gasteiger partial charge on any atom is 0.305 e. The van der Waals surface area contributed by atoms with Gasteiger partial charge in [0.1, 0.15) is 0 Å². The molecule has 0 rings (SSSR count). The molecule has 0 saturated heterocycles. The van der Waals surface area contributed by atoms with Crippen LogP contribution in [0.25, 0.3) is 0 Å². The monoisotopic (exact) mass is 212 g/mol. The van der Waals surface area contributed by atoms with E-state index in [1.807, 2.05) is 6.08 Å². The minimum absolute atomic E-state index is 0.0373. The number of carbonyl (C=O) groups is 1. The first-order valence-corrected chi connectivity index (χ1v) is 6.07. The summed E-state index contributed by atoms with van der Waals surface area (Å²) in [5.74, 6) is -0.0373. The summed E-state index contributed by atoms with van der Waals surface area (Å²) < 4.78 is 5.10.